The van der Waals surface area contributed by atoms with Gasteiger partial charge in [0.05, 0.1) is 5.69 Å². The van der Waals surface area contributed by atoms with E-state index in [2.05, 4.69) is 15.7 Å². The molecule has 0 saturated carbocycles. The molecule has 0 fully saturated rings. The van der Waals surface area contributed by atoms with Crippen LogP contribution >= 0.6 is 0 Å². The fourth-order valence-corrected chi connectivity index (χ4v) is 2.66. The van der Waals surface area contributed by atoms with Gasteiger partial charge in [-0.3, -0.25) is 14.3 Å². The lowest BCUT2D eigenvalue weighted by Gasteiger charge is -2.17. The number of anilines is 1. The van der Waals surface area contributed by atoms with Crippen LogP contribution in [0.1, 0.15) is 27.3 Å². The van der Waals surface area contributed by atoms with Crippen molar-refractivity contribution >= 4 is 17.5 Å². The summed E-state index contributed by atoms with van der Waals surface area (Å²) >= 11 is 0. The summed E-state index contributed by atoms with van der Waals surface area (Å²) in [7, 11) is 0. The maximum Gasteiger partial charge on any atom is 0.251 e. The number of aromatic nitrogens is 2. The largest absolute Gasteiger partial charge is 0.352 e. The molecule has 0 aliphatic carbocycles. The van der Waals surface area contributed by atoms with Gasteiger partial charge in [-0.1, -0.05) is 6.07 Å². The number of nitrogens with one attached hydrogen (secondary N) is 2. The highest BCUT2D eigenvalue weighted by molar-refractivity contribution is 5.99. The molecule has 0 unspecified atom stereocenters. The van der Waals surface area contributed by atoms with Gasteiger partial charge in [-0.2, -0.15) is 5.10 Å². The standard InChI is InChI=1S/C16H18N4O2/c1-10-7-11(2)20(19-10)9-15(21)18-13-4-3-12-5-6-17-16(22)14(12)8-13/h3-4,7-8H,5-6,9H2,1-2H3,(H,17,22)(H,18,21). The van der Waals surface area contributed by atoms with Crippen LogP contribution in [0.5, 0.6) is 0 Å². The molecular weight excluding hydrogens is 280 g/mol. The van der Waals surface area contributed by atoms with Gasteiger partial charge in [0.1, 0.15) is 6.54 Å². The van der Waals surface area contributed by atoms with E-state index in [1.807, 2.05) is 32.0 Å². The predicted octanol–water partition coefficient (Wildman–Crippen LogP) is 1.42. The lowest BCUT2D eigenvalue weighted by atomic mass is 10.00. The summed E-state index contributed by atoms with van der Waals surface area (Å²) in [5.74, 6) is -0.252. The minimum atomic E-state index is -0.164. The van der Waals surface area contributed by atoms with Gasteiger partial charge in [0.2, 0.25) is 5.91 Å². The number of rotatable bonds is 3. The summed E-state index contributed by atoms with van der Waals surface area (Å²) in [5.41, 5.74) is 4.10. The molecule has 1 aliphatic rings. The molecule has 6 heteroatoms. The van der Waals surface area contributed by atoms with Crippen molar-refractivity contribution in [3.63, 3.8) is 0 Å². The van der Waals surface area contributed by atoms with Gasteiger partial charge in [-0.25, -0.2) is 0 Å². The zero-order chi connectivity index (χ0) is 15.7. The summed E-state index contributed by atoms with van der Waals surface area (Å²) in [5, 5.41) is 9.89. The van der Waals surface area contributed by atoms with Gasteiger partial charge in [0.15, 0.2) is 0 Å². The smallest absolute Gasteiger partial charge is 0.251 e. The average molecular weight is 298 g/mol. The fourth-order valence-electron chi connectivity index (χ4n) is 2.66. The molecule has 6 nitrogen and oxygen atoms in total. The Morgan fingerprint density at radius 1 is 1.36 bits per heavy atom. The highest BCUT2D eigenvalue weighted by Crippen LogP contribution is 2.19. The van der Waals surface area contributed by atoms with Crippen molar-refractivity contribution in [1.29, 1.82) is 0 Å². The number of carbonyl (C=O) groups is 2. The number of aryl methyl sites for hydroxylation is 2. The second-order valence-electron chi connectivity index (χ2n) is 5.51. The van der Waals surface area contributed by atoms with Crippen molar-refractivity contribution < 1.29 is 9.59 Å². The summed E-state index contributed by atoms with van der Waals surface area (Å²) in [6, 6.07) is 7.38. The first-order chi connectivity index (χ1) is 10.5. The van der Waals surface area contributed by atoms with Gasteiger partial charge in [-0.15, -0.1) is 0 Å². The molecule has 2 N–H and O–H groups in total. The van der Waals surface area contributed by atoms with E-state index in [4.69, 9.17) is 0 Å². The topological polar surface area (TPSA) is 76.0 Å². The van der Waals surface area contributed by atoms with E-state index in [0.29, 0.717) is 17.8 Å². The van der Waals surface area contributed by atoms with Crippen molar-refractivity contribution in [1.82, 2.24) is 15.1 Å². The van der Waals surface area contributed by atoms with Crippen LogP contribution < -0.4 is 10.6 Å². The predicted molar refractivity (Wildman–Crippen MR) is 82.8 cm³/mol. The Morgan fingerprint density at radius 2 is 2.18 bits per heavy atom. The second kappa shape index (κ2) is 5.63. The Morgan fingerprint density at radius 3 is 2.91 bits per heavy atom. The third-order valence-corrected chi connectivity index (χ3v) is 3.71. The minimum Gasteiger partial charge on any atom is -0.352 e. The Hall–Kier alpha value is -2.63. The zero-order valence-corrected chi connectivity index (χ0v) is 12.6. The number of amides is 2. The average Bonchev–Trinajstić information content (AvgIpc) is 2.77. The first-order valence-corrected chi connectivity index (χ1v) is 7.25. The number of benzene rings is 1. The van der Waals surface area contributed by atoms with Gasteiger partial charge >= 0.3 is 0 Å². The summed E-state index contributed by atoms with van der Waals surface area (Å²) in [6.07, 6.45) is 0.820. The first kappa shape index (κ1) is 14.3. The van der Waals surface area contributed by atoms with Crippen LogP contribution in [0.15, 0.2) is 24.3 Å². The van der Waals surface area contributed by atoms with E-state index < -0.39 is 0 Å². The molecule has 2 heterocycles. The molecule has 114 valence electrons. The van der Waals surface area contributed by atoms with Crippen LogP contribution in [-0.2, 0) is 17.8 Å². The van der Waals surface area contributed by atoms with Crippen molar-refractivity contribution in [2.24, 2.45) is 0 Å². The molecule has 3 rings (SSSR count). The number of hydrogen-bond acceptors (Lipinski definition) is 3. The number of fused-ring (bicyclic) bond motifs is 1. The van der Waals surface area contributed by atoms with Crippen molar-refractivity contribution in [2.45, 2.75) is 26.8 Å². The molecule has 0 atom stereocenters. The molecule has 1 aromatic heterocycles. The normalized spacial score (nSPS) is 13.5. The Bertz CT molecular complexity index is 749. The monoisotopic (exact) mass is 298 g/mol. The maximum atomic E-state index is 12.1. The lowest BCUT2D eigenvalue weighted by molar-refractivity contribution is -0.116. The van der Waals surface area contributed by atoms with E-state index in [1.54, 1.807) is 10.7 Å². The Balaban J connectivity index is 1.73. The number of hydrogen-bond donors (Lipinski definition) is 2. The molecule has 2 aromatic rings. The quantitative estimate of drug-likeness (QED) is 0.900. The Labute approximate surface area is 128 Å². The lowest BCUT2D eigenvalue weighted by Crippen LogP contribution is -2.32. The number of carbonyl (C=O) groups excluding carboxylic acids is 2. The van der Waals surface area contributed by atoms with E-state index in [-0.39, 0.29) is 18.4 Å². The molecule has 0 radical (unpaired) electrons. The molecule has 0 bridgehead atoms. The summed E-state index contributed by atoms with van der Waals surface area (Å²) in [6.45, 7) is 4.62. The minimum absolute atomic E-state index is 0.0871. The molecular formula is C16H18N4O2. The maximum absolute atomic E-state index is 12.1. The van der Waals surface area contributed by atoms with Crippen molar-refractivity contribution in [2.75, 3.05) is 11.9 Å². The van der Waals surface area contributed by atoms with Gasteiger partial charge in [-0.05, 0) is 44.0 Å². The van der Waals surface area contributed by atoms with Crippen LogP contribution in [-0.4, -0.2) is 28.1 Å². The summed E-state index contributed by atoms with van der Waals surface area (Å²) < 4.78 is 1.66. The SMILES string of the molecule is Cc1cc(C)n(CC(=O)Nc2ccc3c(c2)C(=O)NCC3)n1. The van der Waals surface area contributed by atoms with E-state index in [0.717, 1.165) is 23.4 Å². The molecule has 0 saturated heterocycles. The van der Waals surface area contributed by atoms with E-state index in [1.165, 1.54) is 0 Å². The molecule has 1 aliphatic heterocycles. The van der Waals surface area contributed by atoms with Gasteiger partial charge < -0.3 is 10.6 Å². The number of nitrogens with zero attached hydrogens (tertiary/aromatic N) is 2. The second-order valence-corrected chi connectivity index (χ2v) is 5.51. The van der Waals surface area contributed by atoms with Crippen LogP contribution in [0, 0.1) is 13.8 Å². The fraction of sp³-hybridized carbons (Fsp3) is 0.312. The van der Waals surface area contributed by atoms with Crippen LogP contribution in [0.3, 0.4) is 0 Å². The summed E-state index contributed by atoms with van der Waals surface area (Å²) in [4.78, 5) is 23.9. The Kier molecular flexibility index (Phi) is 3.66. The van der Waals surface area contributed by atoms with E-state index in [9.17, 15) is 9.59 Å². The van der Waals surface area contributed by atoms with E-state index >= 15 is 0 Å². The molecule has 22 heavy (non-hydrogen) atoms. The highest BCUT2D eigenvalue weighted by Gasteiger charge is 2.17. The van der Waals surface area contributed by atoms with Crippen LogP contribution in [0.4, 0.5) is 5.69 Å². The third kappa shape index (κ3) is 2.86. The third-order valence-electron chi connectivity index (χ3n) is 3.71. The first-order valence-electron chi connectivity index (χ1n) is 7.25. The van der Waals surface area contributed by atoms with Gasteiger partial charge in [0.25, 0.3) is 5.91 Å². The zero-order valence-electron chi connectivity index (χ0n) is 12.6. The molecule has 2 amide bonds. The molecule has 1 aromatic carbocycles. The van der Waals surface area contributed by atoms with Gasteiger partial charge in [0, 0.05) is 23.5 Å². The van der Waals surface area contributed by atoms with Crippen molar-refractivity contribution in [3.8, 4) is 0 Å². The van der Waals surface area contributed by atoms with Crippen LogP contribution in [0.25, 0.3) is 0 Å². The van der Waals surface area contributed by atoms with Crippen LogP contribution in [0.2, 0.25) is 0 Å². The molecule has 0 spiro atoms. The van der Waals surface area contributed by atoms with Crippen molar-refractivity contribution in [3.05, 3.63) is 46.8 Å². The highest BCUT2D eigenvalue weighted by atomic mass is 16.2.